The van der Waals surface area contributed by atoms with Crippen molar-refractivity contribution in [2.45, 2.75) is 23.9 Å². The Bertz CT molecular complexity index is 828. The Labute approximate surface area is 155 Å². The molecule has 5 nitrogen and oxygen atoms in total. The van der Waals surface area contributed by atoms with E-state index in [2.05, 4.69) is 26.9 Å². The Morgan fingerprint density at radius 1 is 1.20 bits per heavy atom. The van der Waals surface area contributed by atoms with Gasteiger partial charge in [0.05, 0.1) is 16.7 Å². The van der Waals surface area contributed by atoms with Gasteiger partial charge in [-0.2, -0.15) is 0 Å². The average molecular weight is 373 g/mol. The number of amides is 1. The predicted molar refractivity (Wildman–Crippen MR) is 103 cm³/mol. The molecule has 0 aliphatic heterocycles. The van der Waals surface area contributed by atoms with Crippen LogP contribution in [0.1, 0.15) is 12.5 Å². The summed E-state index contributed by atoms with van der Waals surface area (Å²) in [6.45, 7) is 2.58. The molecule has 2 heterocycles. The Hall–Kier alpha value is -2.12. The van der Waals surface area contributed by atoms with Gasteiger partial charge in [-0.25, -0.2) is 0 Å². The molecule has 1 amide bonds. The molecule has 0 fully saturated rings. The SMILES string of the molecule is C[C@H](Sc1nnc(-c2cccs2)n1Cc1ccccc1)C(=O)N(C)C. The second-order valence-electron chi connectivity index (χ2n) is 5.85. The Morgan fingerprint density at radius 2 is 1.96 bits per heavy atom. The summed E-state index contributed by atoms with van der Waals surface area (Å²) >= 11 is 3.08. The Kier molecular flexibility index (Phi) is 5.55. The first-order valence-corrected chi connectivity index (χ1v) is 9.71. The van der Waals surface area contributed by atoms with Crippen LogP contribution < -0.4 is 0 Å². The normalized spacial score (nSPS) is 12.1. The molecule has 3 aromatic rings. The van der Waals surface area contributed by atoms with Crippen LogP contribution in [0.5, 0.6) is 0 Å². The number of carbonyl (C=O) groups is 1. The number of hydrogen-bond donors (Lipinski definition) is 0. The van der Waals surface area contributed by atoms with Gasteiger partial charge in [0, 0.05) is 14.1 Å². The third kappa shape index (κ3) is 4.11. The topological polar surface area (TPSA) is 51.0 Å². The van der Waals surface area contributed by atoms with E-state index >= 15 is 0 Å². The first-order valence-electron chi connectivity index (χ1n) is 7.95. The van der Waals surface area contributed by atoms with Crippen molar-refractivity contribution in [2.75, 3.05) is 14.1 Å². The highest BCUT2D eigenvalue weighted by Gasteiger charge is 2.22. The lowest BCUT2D eigenvalue weighted by Crippen LogP contribution is -2.29. The van der Waals surface area contributed by atoms with Gasteiger partial charge in [-0.15, -0.1) is 21.5 Å². The van der Waals surface area contributed by atoms with Crippen molar-refractivity contribution >= 4 is 29.0 Å². The van der Waals surface area contributed by atoms with Gasteiger partial charge in [-0.05, 0) is 23.9 Å². The largest absolute Gasteiger partial charge is 0.348 e. The van der Waals surface area contributed by atoms with Crippen LogP contribution in [-0.4, -0.2) is 44.9 Å². The number of hydrogen-bond acceptors (Lipinski definition) is 5. The molecule has 3 rings (SSSR count). The molecule has 1 atom stereocenters. The van der Waals surface area contributed by atoms with E-state index in [1.165, 1.54) is 17.3 Å². The summed E-state index contributed by atoms with van der Waals surface area (Å²) in [6.07, 6.45) is 0. The predicted octanol–water partition coefficient (Wildman–Crippen LogP) is 3.62. The molecular weight excluding hydrogens is 352 g/mol. The molecule has 0 radical (unpaired) electrons. The van der Waals surface area contributed by atoms with Crippen molar-refractivity contribution in [3.8, 4) is 10.7 Å². The lowest BCUT2D eigenvalue weighted by Gasteiger charge is -2.16. The van der Waals surface area contributed by atoms with Crippen molar-refractivity contribution in [3.63, 3.8) is 0 Å². The minimum atomic E-state index is -0.218. The summed E-state index contributed by atoms with van der Waals surface area (Å²) in [4.78, 5) is 14.9. The van der Waals surface area contributed by atoms with Crippen LogP contribution in [0.25, 0.3) is 10.7 Å². The average Bonchev–Trinajstić information content (AvgIpc) is 3.25. The highest BCUT2D eigenvalue weighted by atomic mass is 32.2. The Balaban J connectivity index is 1.94. The number of benzene rings is 1. The maximum absolute atomic E-state index is 12.2. The highest BCUT2D eigenvalue weighted by Crippen LogP contribution is 2.30. The van der Waals surface area contributed by atoms with E-state index < -0.39 is 0 Å². The van der Waals surface area contributed by atoms with Gasteiger partial charge in [0.1, 0.15) is 0 Å². The van der Waals surface area contributed by atoms with Gasteiger partial charge in [0.15, 0.2) is 11.0 Å². The van der Waals surface area contributed by atoms with Crippen LogP contribution in [0.15, 0.2) is 53.0 Å². The fraction of sp³-hybridized carbons (Fsp3) is 0.278. The van der Waals surface area contributed by atoms with Crippen LogP contribution in [0, 0.1) is 0 Å². The van der Waals surface area contributed by atoms with E-state index in [0.717, 1.165) is 15.9 Å². The zero-order valence-corrected chi connectivity index (χ0v) is 16.0. The summed E-state index contributed by atoms with van der Waals surface area (Å²) in [5, 5.41) is 11.3. The molecule has 7 heteroatoms. The highest BCUT2D eigenvalue weighted by molar-refractivity contribution is 8.00. The molecule has 0 aliphatic rings. The quantitative estimate of drug-likeness (QED) is 0.620. The van der Waals surface area contributed by atoms with Gasteiger partial charge in [-0.3, -0.25) is 9.36 Å². The molecule has 0 saturated carbocycles. The van der Waals surface area contributed by atoms with Crippen LogP contribution in [0.2, 0.25) is 0 Å². The van der Waals surface area contributed by atoms with Crippen molar-refractivity contribution in [2.24, 2.45) is 0 Å². The van der Waals surface area contributed by atoms with Gasteiger partial charge in [0.25, 0.3) is 0 Å². The molecule has 0 bridgehead atoms. The van der Waals surface area contributed by atoms with Crippen molar-refractivity contribution in [3.05, 3.63) is 53.4 Å². The van der Waals surface area contributed by atoms with Crippen LogP contribution in [0.3, 0.4) is 0 Å². The maximum atomic E-state index is 12.2. The van der Waals surface area contributed by atoms with Crippen molar-refractivity contribution < 1.29 is 4.79 Å². The van der Waals surface area contributed by atoms with Crippen molar-refractivity contribution in [1.29, 1.82) is 0 Å². The summed E-state index contributed by atoms with van der Waals surface area (Å²) in [5.41, 5.74) is 1.17. The molecule has 2 aromatic heterocycles. The van der Waals surface area contributed by atoms with Gasteiger partial charge in [-0.1, -0.05) is 48.2 Å². The third-order valence-electron chi connectivity index (χ3n) is 3.71. The third-order valence-corrected chi connectivity index (χ3v) is 5.65. The Morgan fingerprint density at radius 3 is 2.60 bits per heavy atom. The molecule has 0 N–H and O–H groups in total. The lowest BCUT2D eigenvalue weighted by molar-refractivity contribution is -0.127. The number of rotatable bonds is 6. The van der Waals surface area contributed by atoms with E-state index in [4.69, 9.17) is 0 Å². The fourth-order valence-corrected chi connectivity index (χ4v) is 4.16. The second-order valence-corrected chi connectivity index (χ2v) is 8.10. The number of aromatic nitrogens is 3. The second kappa shape index (κ2) is 7.84. The number of thiophene rings is 1. The van der Waals surface area contributed by atoms with E-state index in [9.17, 15) is 4.79 Å². The lowest BCUT2D eigenvalue weighted by atomic mass is 10.2. The van der Waals surface area contributed by atoms with Gasteiger partial charge < -0.3 is 4.90 Å². The summed E-state index contributed by atoms with van der Waals surface area (Å²) in [5.74, 6) is 0.905. The number of carbonyl (C=O) groups excluding carboxylic acids is 1. The molecule has 1 aromatic carbocycles. The zero-order valence-electron chi connectivity index (χ0n) is 14.4. The first-order chi connectivity index (χ1) is 12.1. The standard InChI is InChI=1S/C18H20N4OS2/c1-13(17(23)21(2)3)25-18-20-19-16(15-10-7-11-24-15)22(18)12-14-8-5-4-6-9-14/h4-11,13H,12H2,1-3H3/t13-/m0/s1. The van der Waals surface area contributed by atoms with Crippen molar-refractivity contribution in [1.82, 2.24) is 19.7 Å². The maximum Gasteiger partial charge on any atom is 0.235 e. The summed E-state index contributed by atoms with van der Waals surface area (Å²) in [6, 6.07) is 14.3. The van der Waals surface area contributed by atoms with Gasteiger partial charge in [0.2, 0.25) is 5.91 Å². The molecule has 0 spiro atoms. The fourth-order valence-electron chi connectivity index (χ4n) is 2.44. The first kappa shape index (κ1) is 17.7. The van der Waals surface area contributed by atoms with E-state index in [0.29, 0.717) is 6.54 Å². The van der Waals surface area contributed by atoms with Crippen LogP contribution in [-0.2, 0) is 11.3 Å². The van der Waals surface area contributed by atoms with E-state index in [-0.39, 0.29) is 11.2 Å². The minimum Gasteiger partial charge on any atom is -0.348 e. The summed E-state index contributed by atoms with van der Waals surface area (Å²) < 4.78 is 2.09. The molecule has 0 aliphatic carbocycles. The van der Waals surface area contributed by atoms with Crippen LogP contribution >= 0.6 is 23.1 Å². The smallest absolute Gasteiger partial charge is 0.235 e. The summed E-state index contributed by atoms with van der Waals surface area (Å²) in [7, 11) is 3.54. The molecule has 130 valence electrons. The number of nitrogens with zero attached hydrogens (tertiary/aromatic N) is 4. The zero-order chi connectivity index (χ0) is 17.8. The molecule has 0 saturated heterocycles. The van der Waals surface area contributed by atoms with E-state index in [1.807, 2.05) is 42.6 Å². The van der Waals surface area contributed by atoms with Gasteiger partial charge >= 0.3 is 0 Å². The molecule has 25 heavy (non-hydrogen) atoms. The van der Waals surface area contributed by atoms with Crippen LogP contribution in [0.4, 0.5) is 0 Å². The molecule has 0 unspecified atom stereocenters. The van der Waals surface area contributed by atoms with E-state index in [1.54, 1.807) is 30.3 Å². The monoisotopic (exact) mass is 372 g/mol. The molecular formula is C18H20N4OS2. The minimum absolute atomic E-state index is 0.0666. The number of thioether (sulfide) groups is 1.